The second-order valence-corrected chi connectivity index (χ2v) is 4.25. The number of aromatic nitrogens is 1. The number of nitrogens with one attached hydrogen (secondary N) is 1. The van der Waals surface area contributed by atoms with Crippen LogP contribution in [0.15, 0.2) is 41.3 Å². The number of rotatable bonds is 3. The number of nitriles is 1. The van der Waals surface area contributed by atoms with E-state index in [4.69, 9.17) is 11.0 Å². The average molecular weight is 286 g/mol. The number of pyridine rings is 1. The average Bonchev–Trinajstić information content (AvgIpc) is 2.43. The molecule has 0 saturated carbocycles. The van der Waals surface area contributed by atoms with Gasteiger partial charge in [0.15, 0.2) is 0 Å². The fourth-order valence-corrected chi connectivity index (χ4v) is 1.76. The monoisotopic (exact) mass is 286 g/mol. The van der Waals surface area contributed by atoms with Gasteiger partial charge in [0.1, 0.15) is 24.0 Å². The maximum absolute atomic E-state index is 13.4. The summed E-state index contributed by atoms with van der Waals surface area (Å²) in [5.41, 5.74) is 5.28. The quantitative estimate of drug-likeness (QED) is 0.881. The minimum Gasteiger partial charge on any atom is -0.398 e. The van der Waals surface area contributed by atoms with E-state index in [1.165, 1.54) is 30.5 Å². The van der Waals surface area contributed by atoms with Gasteiger partial charge in [-0.25, -0.2) is 4.39 Å². The van der Waals surface area contributed by atoms with E-state index in [1.54, 1.807) is 6.07 Å². The molecule has 1 aromatic heterocycles. The van der Waals surface area contributed by atoms with Gasteiger partial charge in [-0.3, -0.25) is 9.59 Å². The van der Waals surface area contributed by atoms with Crippen molar-refractivity contribution in [2.75, 3.05) is 11.1 Å². The number of hydrogen-bond acceptors (Lipinski definition) is 4. The number of amides is 1. The number of nitrogen functional groups attached to an aromatic ring is 1. The van der Waals surface area contributed by atoms with Crippen LogP contribution in [-0.4, -0.2) is 10.5 Å². The molecule has 106 valence electrons. The van der Waals surface area contributed by atoms with Gasteiger partial charge in [0.05, 0.1) is 5.69 Å². The largest absolute Gasteiger partial charge is 0.398 e. The Hall–Kier alpha value is -3.14. The molecule has 1 aromatic carbocycles. The lowest BCUT2D eigenvalue weighted by molar-refractivity contribution is -0.116. The van der Waals surface area contributed by atoms with Crippen LogP contribution < -0.4 is 16.6 Å². The number of carbonyl (C=O) groups is 1. The van der Waals surface area contributed by atoms with Crippen molar-refractivity contribution in [3.63, 3.8) is 0 Å². The van der Waals surface area contributed by atoms with Crippen LogP contribution in [0.1, 0.15) is 5.56 Å². The molecule has 2 rings (SSSR count). The Morgan fingerprint density at radius 1 is 1.38 bits per heavy atom. The van der Waals surface area contributed by atoms with Gasteiger partial charge in [-0.15, -0.1) is 0 Å². The fourth-order valence-electron chi connectivity index (χ4n) is 1.76. The summed E-state index contributed by atoms with van der Waals surface area (Å²) in [6.07, 6.45) is 1.33. The van der Waals surface area contributed by atoms with Crippen LogP contribution in [0.5, 0.6) is 0 Å². The number of nitrogens with zero attached hydrogens (tertiary/aromatic N) is 2. The number of anilines is 2. The first-order valence-electron chi connectivity index (χ1n) is 5.95. The molecule has 21 heavy (non-hydrogen) atoms. The van der Waals surface area contributed by atoms with Crippen LogP contribution >= 0.6 is 0 Å². The Bertz CT molecular complexity index is 792. The standard InChI is InChI=1S/C14H11FN4O2/c15-11-2-1-3-12(10(11)6-16)18-13(20)8-19-7-9(17)4-5-14(19)21/h1-5,7H,8,17H2,(H,18,20). The van der Waals surface area contributed by atoms with E-state index in [9.17, 15) is 14.0 Å². The van der Waals surface area contributed by atoms with E-state index in [1.807, 2.05) is 0 Å². The number of benzene rings is 1. The Balaban J connectivity index is 2.20. The van der Waals surface area contributed by atoms with E-state index in [2.05, 4.69) is 5.32 Å². The maximum atomic E-state index is 13.4. The molecule has 0 aliphatic carbocycles. The van der Waals surface area contributed by atoms with Gasteiger partial charge in [0.25, 0.3) is 5.56 Å². The Morgan fingerprint density at radius 3 is 2.86 bits per heavy atom. The van der Waals surface area contributed by atoms with Crippen LogP contribution in [0, 0.1) is 17.1 Å². The van der Waals surface area contributed by atoms with Crippen molar-refractivity contribution >= 4 is 17.3 Å². The van der Waals surface area contributed by atoms with Crippen molar-refractivity contribution < 1.29 is 9.18 Å². The predicted molar refractivity (Wildman–Crippen MR) is 74.9 cm³/mol. The van der Waals surface area contributed by atoms with Gasteiger partial charge in [-0.1, -0.05) is 6.07 Å². The Morgan fingerprint density at radius 2 is 2.14 bits per heavy atom. The molecule has 3 N–H and O–H groups in total. The zero-order valence-electron chi connectivity index (χ0n) is 10.8. The topological polar surface area (TPSA) is 101 Å². The molecule has 0 fully saturated rings. The first kappa shape index (κ1) is 14.3. The number of carbonyl (C=O) groups excluding carboxylic acids is 1. The van der Waals surface area contributed by atoms with E-state index in [0.29, 0.717) is 5.69 Å². The minimum atomic E-state index is -0.726. The minimum absolute atomic E-state index is 0.0550. The van der Waals surface area contributed by atoms with Gasteiger partial charge in [0.2, 0.25) is 5.91 Å². The summed E-state index contributed by atoms with van der Waals surface area (Å²) in [5, 5.41) is 11.3. The summed E-state index contributed by atoms with van der Waals surface area (Å²) < 4.78 is 14.5. The van der Waals surface area contributed by atoms with Crippen LogP contribution in [0.2, 0.25) is 0 Å². The fraction of sp³-hybridized carbons (Fsp3) is 0.0714. The zero-order chi connectivity index (χ0) is 15.4. The van der Waals surface area contributed by atoms with Gasteiger partial charge >= 0.3 is 0 Å². The Labute approximate surface area is 119 Å². The normalized spacial score (nSPS) is 9.90. The summed E-state index contributed by atoms with van der Waals surface area (Å²) in [6.45, 7) is -0.286. The lowest BCUT2D eigenvalue weighted by atomic mass is 10.2. The van der Waals surface area contributed by atoms with E-state index < -0.39 is 11.7 Å². The molecule has 2 aromatic rings. The molecule has 0 aliphatic heterocycles. The van der Waals surface area contributed by atoms with E-state index >= 15 is 0 Å². The molecular weight excluding hydrogens is 275 g/mol. The molecule has 0 atom stereocenters. The molecule has 0 unspecified atom stereocenters. The van der Waals surface area contributed by atoms with Gasteiger partial charge < -0.3 is 15.6 Å². The molecule has 0 spiro atoms. The molecule has 6 nitrogen and oxygen atoms in total. The summed E-state index contributed by atoms with van der Waals surface area (Å²) in [7, 11) is 0. The zero-order valence-corrected chi connectivity index (χ0v) is 10.8. The van der Waals surface area contributed by atoms with Gasteiger partial charge in [0, 0.05) is 18.0 Å². The molecule has 1 heterocycles. The van der Waals surface area contributed by atoms with Crippen LogP contribution in [0.3, 0.4) is 0 Å². The van der Waals surface area contributed by atoms with Crippen LogP contribution in [0.4, 0.5) is 15.8 Å². The second-order valence-electron chi connectivity index (χ2n) is 4.25. The molecule has 1 amide bonds. The third-order valence-corrected chi connectivity index (χ3v) is 2.72. The summed E-state index contributed by atoms with van der Waals surface area (Å²) >= 11 is 0. The smallest absolute Gasteiger partial charge is 0.251 e. The summed E-state index contributed by atoms with van der Waals surface area (Å²) in [4.78, 5) is 23.4. The van der Waals surface area contributed by atoms with Crippen molar-refractivity contribution in [2.24, 2.45) is 0 Å². The predicted octanol–water partition coefficient (Wildman–Crippen LogP) is 1.08. The molecule has 0 radical (unpaired) electrons. The van der Waals surface area contributed by atoms with Crippen molar-refractivity contribution in [3.05, 3.63) is 58.3 Å². The first-order valence-corrected chi connectivity index (χ1v) is 5.95. The summed E-state index contributed by atoms with van der Waals surface area (Å²) in [6, 6.07) is 8.24. The van der Waals surface area contributed by atoms with Crippen molar-refractivity contribution in [1.82, 2.24) is 4.57 Å². The number of nitrogens with two attached hydrogens (primary N) is 1. The number of halogens is 1. The van der Waals surface area contributed by atoms with Crippen LogP contribution in [-0.2, 0) is 11.3 Å². The molecule has 0 bridgehead atoms. The van der Waals surface area contributed by atoms with Gasteiger partial charge in [-0.05, 0) is 18.2 Å². The molecule has 0 aliphatic rings. The highest BCUT2D eigenvalue weighted by molar-refractivity contribution is 5.92. The van der Waals surface area contributed by atoms with Crippen molar-refractivity contribution in [2.45, 2.75) is 6.54 Å². The Kier molecular flexibility index (Phi) is 4.00. The summed E-state index contributed by atoms with van der Waals surface area (Å²) in [5.74, 6) is -1.29. The second kappa shape index (κ2) is 5.88. The molecular formula is C14H11FN4O2. The van der Waals surface area contributed by atoms with E-state index in [-0.39, 0.29) is 23.4 Å². The SMILES string of the molecule is N#Cc1c(F)cccc1NC(=O)Cn1cc(N)ccc1=O. The van der Waals surface area contributed by atoms with E-state index in [0.717, 1.165) is 10.6 Å². The van der Waals surface area contributed by atoms with Crippen LogP contribution in [0.25, 0.3) is 0 Å². The number of hydrogen-bond donors (Lipinski definition) is 2. The lowest BCUT2D eigenvalue weighted by Gasteiger charge is -2.09. The molecule has 7 heteroatoms. The highest BCUT2D eigenvalue weighted by Gasteiger charge is 2.11. The van der Waals surface area contributed by atoms with Crippen molar-refractivity contribution in [3.8, 4) is 6.07 Å². The van der Waals surface area contributed by atoms with Gasteiger partial charge in [-0.2, -0.15) is 5.26 Å². The third-order valence-electron chi connectivity index (χ3n) is 2.72. The third kappa shape index (κ3) is 3.25. The van der Waals surface area contributed by atoms with Crippen molar-refractivity contribution in [1.29, 1.82) is 5.26 Å². The molecule has 0 saturated heterocycles. The highest BCUT2D eigenvalue weighted by Crippen LogP contribution is 2.17. The lowest BCUT2D eigenvalue weighted by Crippen LogP contribution is -2.27. The first-order chi connectivity index (χ1) is 10.0. The highest BCUT2D eigenvalue weighted by atomic mass is 19.1. The maximum Gasteiger partial charge on any atom is 0.251 e.